The Morgan fingerprint density at radius 1 is 1.35 bits per heavy atom. The molecule has 2 aromatic rings. The van der Waals surface area contributed by atoms with E-state index in [2.05, 4.69) is 20.7 Å². The Bertz CT molecular complexity index is 574. The minimum Gasteiger partial charge on any atom is -0.469 e. The zero-order valence-corrected chi connectivity index (χ0v) is 11.9. The number of sulfonamides is 1. The maximum atomic E-state index is 11.8. The molecule has 0 saturated carbocycles. The average Bonchev–Trinajstić information content (AvgIpc) is 2.89. The lowest BCUT2D eigenvalue weighted by molar-refractivity contribution is 0.506. The normalized spacial score (nSPS) is 11.8. The summed E-state index contributed by atoms with van der Waals surface area (Å²) in [5.74, 6) is 0.764. The Hall–Kier alpha value is -0.630. The highest BCUT2D eigenvalue weighted by Crippen LogP contribution is 2.25. The summed E-state index contributed by atoms with van der Waals surface area (Å²) in [5.41, 5.74) is 0. The molecule has 0 unspecified atom stereocenters. The van der Waals surface area contributed by atoms with Crippen LogP contribution in [0.5, 0.6) is 0 Å². The fraction of sp³-hybridized carbons (Fsp3) is 0.200. The van der Waals surface area contributed by atoms with E-state index in [0.717, 1.165) is 9.55 Å². The molecule has 17 heavy (non-hydrogen) atoms. The minimum absolute atomic E-state index is 0.309. The van der Waals surface area contributed by atoms with Crippen LogP contribution in [0.25, 0.3) is 0 Å². The highest BCUT2D eigenvalue weighted by molar-refractivity contribution is 9.11. The fourth-order valence-electron chi connectivity index (χ4n) is 1.28. The van der Waals surface area contributed by atoms with Gasteiger partial charge >= 0.3 is 0 Å². The van der Waals surface area contributed by atoms with E-state index in [1.807, 2.05) is 6.07 Å². The Balaban J connectivity index is 1.94. The summed E-state index contributed by atoms with van der Waals surface area (Å²) >= 11 is 4.42. The topological polar surface area (TPSA) is 59.3 Å². The molecule has 0 aliphatic carbocycles. The van der Waals surface area contributed by atoms with Gasteiger partial charge in [0, 0.05) is 13.0 Å². The molecule has 2 rings (SSSR count). The van der Waals surface area contributed by atoms with Gasteiger partial charge in [-0.05, 0) is 40.2 Å². The lowest BCUT2D eigenvalue weighted by Gasteiger charge is -2.02. The van der Waals surface area contributed by atoms with Crippen molar-refractivity contribution in [2.45, 2.75) is 10.6 Å². The van der Waals surface area contributed by atoms with Gasteiger partial charge < -0.3 is 4.42 Å². The molecular weight excluding hydrogens is 326 g/mol. The van der Waals surface area contributed by atoms with Crippen LogP contribution >= 0.6 is 27.3 Å². The van der Waals surface area contributed by atoms with E-state index in [9.17, 15) is 8.42 Å². The molecule has 0 saturated heterocycles. The van der Waals surface area contributed by atoms with E-state index in [-0.39, 0.29) is 0 Å². The first-order chi connectivity index (χ1) is 8.08. The van der Waals surface area contributed by atoms with Crippen LogP contribution in [0.15, 0.2) is 42.9 Å². The summed E-state index contributed by atoms with van der Waals surface area (Å²) in [7, 11) is -3.40. The summed E-state index contributed by atoms with van der Waals surface area (Å²) in [6.07, 6.45) is 2.11. The van der Waals surface area contributed by atoms with E-state index >= 15 is 0 Å². The SMILES string of the molecule is O=S(=O)(NCCc1ccco1)c1ccc(Br)s1. The summed E-state index contributed by atoms with van der Waals surface area (Å²) in [5, 5.41) is 0. The van der Waals surface area contributed by atoms with Gasteiger partial charge in [0.15, 0.2) is 0 Å². The lowest BCUT2D eigenvalue weighted by atomic mass is 10.3. The summed E-state index contributed by atoms with van der Waals surface area (Å²) in [6.45, 7) is 0.325. The van der Waals surface area contributed by atoms with Crippen LogP contribution in [0.4, 0.5) is 0 Å². The maximum absolute atomic E-state index is 11.8. The second-order valence-corrected chi connectivity index (χ2v) is 7.74. The van der Waals surface area contributed by atoms with Gasteiger partial charge in [-0.2, -0.15) is 0 Å². The molecule has 0 spiro atoms. The number of halogens is 1. The molecule has 0 bridgehead atoms. The standard InChI is InChI=1S/C10H10BrNO3S2/c11-9-3-4-10(16-9)17(13,14)12-6-5-8-2-1-7-15-8/h1-4,7,12H,5-6H2. The number of nitrogens with one attached hydrogen (secondary N) is 1. The quantitative estimate of drug-likeness (QED) is 0.913. The van der Waals surface area contributed by atoms with Gasteiger partial charge in [-0.25, -0.2) is 13.1 Å². The second kappa shape index (κ2) is 5.34. The van der Waals surface area contributed by atoms with Crippen LogP contribution < -0.4 is 4.72 Å². The van der Waals surface area contributed by atoms with Crippen LogP contribution in [0.2, 0.25) is 0 Å². The molecule has 4 nitrogen and oxygen atoms in total. The van der Waals surface area contributed by atoms with Crippen molar-refractivity contribution in [2.75, 3.05) is 6.54 Å². The predicted octanol–water partition coefficient (Wildman–Crippen LogP) is 2.62. The first-order valence-electron chi connectivity index (χ1n) is 4.85. The molecule has 2 aromatic heterocycles. The largest absolute Gasteiger partial charge is 0.469 e. The molecule has 0 aromatic carbocycles. The van der Waals surface area contributed by atoms with Gasteiger partial charge in [0.05, 0.1) is 10.0 Å². The minimum atomic E-state index is -3.40. The molecule has 7 heteroatoms. The summed E-state index contributed by atoms with van der Waals surface area (Å²) in [4.78, 5) is 0. The average molecular weight is 336 g/mol. The molecule has 2 heterocycles. The number of rotatable bonds is 5. The van der Waals surface area contributed by atoms with Crippen LogP contribution in [0.3, 0.4) is 0 Å². The van der Waals surface area contributed by atoms with Gasteiger partial charge in [0.1, 0.15) is 9.97 Å². The van der Waals surface area contributed by atoms with Crippen molar-refractivity contribution < 1.29 is 12.8 Å². The second-order valence-electron chi connectivity index (χ2n) is 3.29. The number of hydrogen-bond donors (Lipinski definition) is 1. The number of furan rings is 1. The van der Waals surface area contributed by atoms with Crippen molar-refractivity contribution >= 4 is 37.3 Å². The third-order valence-electron chi connectivity index (χ3n) is 2.06. The van der Waals surface area contributed by atoms with Crippen molar-refractivity contribution in [3.8, 4) is 0 Å². The third-order valence-corrected chi connectivity index (χ3v) is 5.63. The Kier molecular flexibility index (Phi) is 4.03. The van der Waals surface area contributed by atoms with Crippen LogP contribution in [-0.2, 0) is 16.4 Å². The molecular formula is C10H10BrNO3S2. The number of thiophene rings is 1. The smallest absolute Gasteiger partial charge is 0.250 e. The fourth-order valence-corrected chi connectivity index (χ4v) is 4.36. The van der Waals surface area contributed by atoms with Crippen molar-refractivity contribution in [1.82, 2.24) is 4.72 Å². The Morgan fingerprint density at radius 2 is 2.18 bits per heavy atom. The highest BCUT2D eigenvalue weighted by atomic mass is 79.9. The summed E-state index contributed by atoms with van der Waals surface area (Å²) in [6, 6.07) is 6.88. The molecule has 0 fully saturated rings. The monoisotopic (exact) mass is 335 g/mol. The van der Waals surface area contributed by atoms with Gasteiger partial charge in [0.25, 0.3) is 0 Å². The molecule has 1 N–H and O–H groups in total. The van der Waals surface area contributed by atoms with Gasteiger partial charge in [-0.15, -0.1) is 11.3 Å². The van der Waals surface area contributed by atoms with Crippen LogP contribution in [-0.4, -0.2) is 15.0 Å². The van der Waals surface area contributed by atoms with Crippen molar-refractivity contribution in [2.24, 2.45) is 0 Å². The zero-order valence-electron chi connectivity index (χ0n) is 8.72. The van der Waals surface area contributed by atoms with E-state index in [1.54, 1.807) is 24.5 Å². The van der Waals surface area contributed by atoms with Crippen LogP contribution in [0.1, 0.15) is 5.76 Å². The molecule has 0 atom stereocenters. The van der Waals surface area contributed by atoms with Gasteiger partial charge in [0.2, 0.25) is 10.0 Å². The van der Waals surface area contributed by atoms with Crippen molar-refractivity contribution in [3.63, 3.8) is 0 Å². The predicted molar refractivity (Wildman–Crippen MR) is 69.6 cm³/mol. The van der Waals surface area contributed by atoms with E-state index in [4.69, 9.17) is 4.42 Å². The van der Waals surface area contributed by atoms with Crippen molar-refractivity contribution in [1.29, 1.82) is 0 Å². The number of hydrogen-bond acceptors (Lipinski definition) is 4. The van der Waals surface area contributed by atoms with Crippen molar-refractivity contribution in [3.05, 3.63) is 40.1 Å². The zero-order chi connectivity index (χ0) is 12.3. The molecule has 0 amide bonds. The first kappa shape index (κ1) is 12.8. The van der Waals surface area contributed by atoms with E-state index in [1.165, 1.54) is 11.3 Å². The molecule has 0 aliphatic rings. The maximum Gasteiger partial charge on any atom is 0.250 e. The highest BCUT2D eigenvalue weighted by Gasteiger charge is 2.15. The first-order valence-corrected chi connectivity index (χ1v) is 7.94. The molecule has 92 valence electrons. The lowest BCUT2D eigenvalue weighted by Crippen LogP contribution is -2.25. The molecule has 0 aliphatic heterocycles. The Labute approximate surface area is 112 Å². The van der Waals surface area contributed by atoms with Crippen LogP contribution in [0, 0.1) is 0 Å². The van der Waals surface area contributed by atoms with E-state index < -0.39 is 10.0 Å². The third kappa shape index (κ3) is 3.41. The van der Waals surface area contributed by atoms with Gasteiger partial charge in [-0.1, -0.05) is 0 Å². The van der Waals surface area contributed by atoms with E-state index in [0.29, 0.717) is 17.2 Å². The summed E-state index contributed by atoms with van der Waals surface area (Å²) < 4.78 is 32.4. The Morgan fingerprint density at radius 3 is 2.76 bits per heavy atom. The molecule has 0 radical (unpaired) electrons. The van der Waals surface area contributed by atoms with Gasteiger partial charge in [-0.3, -0.25) is 0 Å².